The number of hydrogen-bond donors (Lipinski definition) is 1. The van der Waals surface area contributed by atoms with Crippen molar-refractivity contribution in [3.63, 3.8) is 0 Å². The number of rotatable bonds is 4. The van der Waals surface area contributed by atoms with Gasteiger partial charge in [-0.2, -0.15) is 9.40 Å². The molecule has 2 atom stereocenters. The van der Waals surface area contributed by atoms with Gasteiger partial charge >= 0.3 is 0 Å². The van der Waals surface area contributed by atoms with Crippen LogP contribution in [-0.4, -0.2) is 46.3 Å². The molecule has 0 spiro atoms. The van der Waals surface area contributed by atoms with E-state index in [4.69, 9.17) is 0 Å². The number of aromatic nitrogens is 2. The second kappa shape index (κ2) is 6.66. The van der Waals surface area contributed by atoms with Gasteiger partial charge < -0.3 is 5.11 Å². The Morgan fingerprint density at radius 2 is 1.96 bits per heavy atom. The van der Waals surface area contributed by atoms with Gasteiger partial charge in [0.2, 0.25) is 10.0 Å². The van der Waals surface area contributed by atoms with Crippen LogP contribution in [-0.2, 0) is 10.0 Å². The molecule has 3 rings (SSSR count). The lowest BCUT2D eigenvalue weighted by molar-refractivity contribution is 0.0831. The van der Waals surface area contributed by atoms with E-state index in [0.717, 1.165) is 24.1 Å². The van der Waals surface area contributed by atoms with Gasteiger partial charge in [0.15, 0.2) is 0 Å². The Bertz CT molecular complexity index is 797. The van der Waals surface area contributed by atoms with Crippen LogP contribution in [0.1, 0.15) is 31.7 Å². The molecule has 24 heavy (non-hydrogen) atoms. The zero-order valence-corrected chi connectivity index (χ0v) is 14.8. The molecule has 1 aromatic carbocycles. The maximum Gasteiger partial charge on any atom is 0.246 e. The SMILES string of the molecule is Cc1ccc(-n2cc(S(=O)(=O)N3CCCCC3C(C)O)cn2)cc1. The molecule has 0 bridgehead atoms. The Labute approximate surface area is 142 Å². The highest BCUT2D eigenvalue weighted by atomic mass is 32.2. The fourth-order valence-corrected chi connectivity index (χ4v) is 4.82. The van der Waals surface area contributed by atoms with E-state index in [0.29, 0.717) is 13.0 Å². The summed E-state index contributed by atoms with van der Waals surface area (Å²) in [5.74, 6) is 0. The van der Waals surface area contributed by atoms with Crippen LogP contribution in [0.5, 0.6) is 0 Å². The van der Waals surface area contributed by atoms with E-state index in [2.05, 4.69) is 5.10 Å². The van der Waals surface area contributed by atoms with E-state index in [-0.39, 0.29) is 10.9 Å². The summed E-state index contributed by atoms with van der Waals surface area (Å²) < 4.78 is 28.9. The molecule has 0 amide bonds. The topological polar surface area (TPSA) is 75.4 Å². The van der Waals surface area contributed by atoms with E-state index in [9.17, 15) is 13.5 Å². The van der Waals surface area contributed by atoms with Crippen molar-refractivity contribution in [3.05, 3.63) is 42.2 Å². The van der Waals surface area contributed by atoms with Gasteiger partial charge in [0.1, 0.15) is 4.90 Å². The summed E-state index contributed by atoms with van der Waals surface area (Å²) in [5.41, 5.74) is 1.94. The molecule has 6 nitrogen and oxygen atoms in total. The third-order valence-corrected chi connectivity index (χ3v) is 6.40. The number of aryl methyl sites for hydroxylation is 1. The maximum absolute atomic E-state index is 13.0. The van der Waals surface area contributed by atoms with Gasteiger partial charge in [0.25, 0.3) is 0 Å². The number of nitrogens with zero attached hydrogens (tertiary/aromatic N) is 3. The average Bonchev–Trinajstić information content (AvgIpc) is 3.06. The molecule has 2 unspecified atom stereocenters. The van der Waals surface area contributed by atoms with Crippen LogP contribution in [0.2, 0.25) is 0 Å². The van der Waals surface area contributed by atoms with Crippen LogP contribution in [0.25, 0.3) is 5.69 Å². The van der Waals surface area contributed by atoms with Crippen LogP contribution in [0.3, 0.4) is 0 Å². The lowest BCUT2D eigenvalue weighted by Gasteiger charge is -2.35. The molecule has 2 heterocycles. The van der Waals surface area contributed by atoms with Gasteiger partial charge in [-0.1, -0.05) is 24.1 Å². The molecular weight excluding hydrogens is 326 g/mol. The molecule has 7 heteroatoms. The predicted octanol–water partition coefficient (Wildman–Crippen LogP) is 2.10. The van der Waals surface area contributed by atoms with Crippen molar-refractivity contribution >= 4 is 10.0 Å². The predicted molar refractivity (Wildman–Crippen MR) is 91.5 cm³/mol. The first-order chi connectivity index (χ1) is 11.4. The first-order valence-corrected chi connectivity index (χ1v) is 9.65. The molecular formula is C17H23N3O3S. The van der Waals surface area contributed by atoms with Crippen molar-refractivity contribution in [1.29, 1.82) is 0 Å². The number of sulfonamides is 1. The van der Waals surface area contributed by atoms with Gasteiger partial charge in [-0.05, 0) is 38.8 Å². The normalized spacial score (nSPS) is 20.9. The van der Waals surface area contributed by atoms with Crippen molar-refractivity contribution in [3.8, 4) is 5.69 Å². The van der Waals surface area contributed by atoms with Crippen molar-refractivity contribution in [2.75, 3.05) is 6.54 Å². The summed E-state index contributed by atoms with van der Waals surface area (Å²) in [6.07, 6.45) is 4.66. The van der Waals surface area contributed by atoms with Crippen molar-refractivity contribution in [1.82, 2.24) is 14.1 Å². The van der Waals surface area contributed by atoms with Gasteiger partial charge in [0, 0.05) is 6.54 Å². The van der Waals surface area contributed by atoms with Gasteiger partial charge in [-0.25, -0.2) is 13.1 Å². The van der Waals surface area contributed by atoms with E-state index < -0.39 is 16.1 Å². The van der Waals surface area contributed by atoms with E-state index in [1.54, 1.807) is 11.6 Å². The highest BCUT2D eigenvalue weighted by molar-refractivity contribution is 7.89. The maximum atomic E-state index is 13.0. The molecule has 1 aromatic heterocycles. The number of benzene rings is 1. The zero-order valence-electron chi connectivity index (χ0n) is 14.0. The van der Waals surface area contributed by atoms with Gasteiger partial charge in [0.05, 0.1) is 30.2 Å². The Morgan fingerprint density at radius 3 is 2.62 bits per heavy atom. The summed E-state index contributed by atoms with van der Waals surface area (Å²) in [7, 11) is -3.66. The standard InChI is InChI=1S/C17H23N3O3S/c1-13-6-8-15(9-7-13)19-12-16(11-18-19)24(22,23)20-10-4-3-5-17(20)14(2)21/h6-9,11-12,14,17,21H,3-5,10H2,1-2H3. The molecule has 0 saturated carbocycles. The quantitative estimate of drug-likeness (QED) is 0.917. The molecule has 1 aliphatic rings. The highest BCUT2D eigenvalue weighted by Gasteiger charge is 2.36. The third-order valence-electron chi connectivity index (χ3n) is 4.52. The minimum absolute atomic E-state index is 0.163. The van der Waals surface area contributed by atoms with Gasteiger partial charge in [-0.3, -0.25) is 0 Å². The summed E-state index contributed by atoms with van der Waals surface area (Å²) in [5, 5.41) is 14.1. The fraction of sp³-hybridized carbons (Fsp3) is 0.471. The number of hydrogen-bond acceptors (Lipinski definition) is 4. The molecule has 130 valence electrons. The minimum Gasteiger partial charge on any atom is -0.392 e. The Balaban J connectivity index is 1.91. The molecule has 1 fully saturated rings. The largest absolute Gasteiger partial charge is 0.392 e. The van der Waals surface area contributed by atoms with Crippen molar-refractivity contribution in [2.24, 2.45) is 0 Å². The summed E-state index contributed by atoms with van der Waals surface area (Å²) >= 11 is 0. The molecule has 2 aromatic rings. The molecule has 0 aliphatic carbocycles. The summed E-state index contributed by atoms with van der Waals surface area (Å²) in [6, 6.07) is 7.35. The van der Waals surface area contributed by atoms with E-state index in [1.165, 1.54) is 16.7 Å². The average molecular weight is 349 g/mol. The first kappa shape index (κ1) is 17.1. The van der Waals surface area contributed by atoms with E-state index in [1.807, 2.05) is 31.2 Å². The Kier molecular flexibility index (Phi) is 4.76. The van der Waals surface area contributed by atoms with Crippen LogP contribution in [0.4, 0.5) is 0 Å². The molecule has 1 N–H and O–H groups in total. The lowest BCUT2D eigenvalue weighted by atomic mass is 10.0. The second-order valence-electron chi connectivity index (χ2n) is 6.38. The van der Waals surface area contributed by atoms with Gasteiger partial charge in [-0.15, -0.1) is 0 Å². The molecule has 0 radical (unpaired) electrons. The van der Waals surface area contributed by atoms with Crippen molar-refractivity contribution < 1.29 is 13.5 Å². The summed E-state index contributed by atoms with van der Waals surface area (Å²) in [6.45, 7) is 4.08. The second-order valence-corrected chi connectivity index (χ2v) is 8.27. The van der Waals surface area contributed by atoms with Crippen LogP contribution in [0, 0.1) is 6.92 Å². The first-order valence-electron chi connectivity index (χ1n) is 8.21. The smallest absolute Gasteiger partial charge is 0.246 e. The Hall–Kier alpha value is -1.70. The molecule has 1 aliphatic heterocycles. The van der Waals surface area contributed by atoms with Crippen LogP contribution >= 0.6 is 0 Å². The number of aliphatic hydroxyl groups excluding tert-OH is 1. The monoisotopic (exact) mass is 349 g/mol. The zero-order chi connectivity index (χ0) is 17.3. The molecule has 1 saturated heterocycles. The van der Waals surface area contributed by atoms with Crippen molar-refractivity contribution in [2.45, 2.75) is 50.2 Å². The third kappa shape index (κ3) is 3.24. The highest BCUT2D eigenvalue weighted by Crippen LogP contribution is 2.27. The summed E-state index contributed by atoms with van der Waals surface area (Å²) in [4.78, 5) is 0.163. The van der Waals surface area contributed by atoms with Crippen LogP contribution in [0.15, 0.2) is 41.6 Å². The number of aliphatic hydroxyl groups is 1. The number of piperidine rings is 1. The lowest BCUT2D eigenvalue weighted by Crippen LogP contribution is -2.48. The fourth-order valence-electron chi connectivity index (χ4n) is 3.12. The Morgan fingerprint density at radius 1 is 1.25 bits per heavy atom. The minimum atomic E-state index is -3.66. The van der Waals surface area contributed by atoms with Crippen LogP contribution < -0.4 is 0 Å². The van der Waals surface area contributed by atoms with E-state index >= 15 is 0 Å².